The maximum atomic E-state index is 10.7. The molecule has 1 fully saturated rings. The number of nitrogens with zero attached hydrogens (tertiary/aromatic N) is 1. The molecule has 0 aromatic heterocycles. The van der Waals surface area contributed by atoms with Gasteiger partial charge >= 0.3 is 6.03 Å². The van der Waals surface area contributed by atoms with E-state index in [0.717, 1.165) is 4.90 Å². The highest BCUT2D eigenvalue weighted by Gasteiger charge is 2.26. The average molecular weight is 232 g/mol. The summed E-state index contributed by atoms with van der Waals surface area (Å²) in [4.78, 5) is 32.6. The molecule has 0 bridgehead atoms. The molecule has 5 nitrogen and oxygen atoms in total. The van der Waals surface area contributed by atoms with Gasteiger partial charge < -0.3 is 0 Å². The van der Waals surface area contributed by atoms with Crippen molar-refractivity contribution in [2.45, 2.75) is 13.3 Å². The molecule has 17 heavy (non-hydrogen) atoms. The summed E-state index contributed by atoms with van der Waals surface area (Å²) in [6, 6.07) is 5.94. The molecule has 5 heteroatoms. The fourth-order valence-corrected chi connectivity index (χ4v) is 1.53. The molecule has 0 aromatic carbocycles. The van der Waals surface area contributed by atoms with E-state index < -0.39 is 17.8 Å². The third-order valence-corrected chi connectivity index (χ3v) is 2.56. The Bertz CT molecular complexity index is 482. The normalized spacial score (nSPS) is 16.1. The van der Waals surface area contributed by atoms with Gasteiger partial charge in [0.05, 0.1) is 0 Å². The van der Waals surface area contributed by atoms with Crippen LogP contribution in [0.25, 0.3) is 11.1 Å². The van der Waals surface area contributed by atoms with Crippen LogP contribution in [0.1, 0.15) is 12.0 Å². The summed E-state index contributed by atoms with van der Waals surface area (Å²) in [5.41, 5.74) is 4.28. The van der Waals surface area contributed by atoms with Crippen LogP contribution < -0.4 is 5.32 Å². The number of carbonyl (C=O) groups is 3. The van der Waals surface area contributed by atoms with E-state index in [9.17, 15) is 14.4 Å². The number of amides is 4. The van der Waals surface area contributed by atoms with Crippen molar-refractivity contribution in [1.82, 2.24) is 10.2 Å². The van der Waals surface area contributed by atoms with E-state index in [1.807, 2.05) is 5.32 Å². The third kappa shape index (κ3) is 2.50. The second-order valence-corrected chi connectivity index (χ2v) is 4.07. The van der Waals surface area contributed by atoms with Gasteiger partial charge in [-0.3, -0.25) is 19.8 Å². The van der Waals surface area contributed by atoms with Crippen LogP contribution >= 0.6 is 0 Å². The number of hydrogen-bond acceptors (Lipinski definition) is 3. The Morgan fingerprint density at radius 2 is 1.71 bits per heavy atom. The van der Waals surface area contributed by atoms with Gasteiger partial charge in [-0.25, -0.2) is 4.79 Å². The quantitative estimate of drug-likeness (QED) is 0.691. The standard InChI is InChI=1S/C7H6.C5H6N2O3/c1-5-2-6-4-7(6)3-5;1-7-4(9)2-3(8)6-5(7)10/h2-4H,1H3;2H2,1H3,(H,6,8,10). The SMILES string of the molecule is CN1C(=O)CC(=O)NC1=O.Cc1cc2cc-2c1. The number of fused-ring (bicyclic) bond motifs is 1. The van der Waals surface area contributed by atoms with Crippen LogP contribution in [0.3, 0.4) is 0 Å². The lowest BCUT2D eigenvalue weighted by Crippen LogP contribution is -2.50. The zero-order valence-electron chi connectivity index (χ0n) is 9.61. The molecule has 1 heterocycles. The number of benzene rings is 1. The summed E-state index contributed by atoms with van der Waals surface area (Å²) in [7, 11) is 1.32. The molecule has 0 spiro atoms. The van der Waals surface area contributed by atoms with Crippen LogP contribution in [-0.2, 0) is 9.59 Å². The van der Waals surface area contributed by atoms with Crippen LogP contribution in [0, 0.1) is 6.92 Å². The van der Waals surface area contributed by atoms with Crippen molar-refractivity contribution in [2.24, 2.45) is 0 Å². The molecule has 3 rings (SSSR count). The highest BCUT2D eigenvalue weighted by atomic mass is 16.2. The monoisotopic (exact) mass is 232 g/mol. The maximum Gasteiger partial charge on any atom is 0.330 e. The molecule has 1 aliphatic heterocycles. The van der Waals surface area contributed by atoms with Gasteiger partial charge in [0, 0.05) is 7.05 Å². The molecule has 0 saturated carbocycles. The Morgan fingerprint density at radius 3 is 2.12 bits per heavy atom. The van der Waals surface area contributed by atoms with Crippen LogP contribution in [0.2, 0.25) is 0 Å². The van der Waals surface area contributed by atoms with Crippen molar-refractivity contribution in [3.63, 3.8) is 0 Å². The van der Waals surface area contributed by atoms with Gasteiger partial charge in [-0.15, -0.1) is 0 Å². The van der Waals surface area contributed by atoms with Gasteiger partial charge in [0.2, 0.25) is 11.8 Å². The number of rotatable bonds is 0. The first-order chi connectivity index (χ1) is 7.97. The summed E-state index contributed by atoms with van der Waals surface area (Å²) in [6.07, 6.45) is -0.234. The summed E-state index contributed by atoms with van der Waals surface area (Å²) in [5, 5.41) is 1.99. The number of nitrogens with one attached hydrogen (secondary N) is 1. The fourth-order valence-electron chi connectivity index (χ4n) is 1.53. The van der Waals surface area contributed by atoms with Crippen LogP contribution in [-0.4, -0.2) is 29.8 Å². The van der Waals surface area contributed by atoms with Gasteiger partial charge in [-0.05, 0) is 29.7 Å². The topological polar surface area (TPSA) is 66.5 Å². The minimum absolute atomic E-state index is 0.234. The molecule has 4 amide bonds. The molecule has 0 unspecified atom stereocenters. The molecule has 0 aromatic rings. The zero-order valence-corrected chi connectivity index (χ0v) is 9.61. The van der Waals surface area contributed by atoms with E-state index in [-0.39, 0.29) is 6.42 Å². The van der Waals surface area contributed by atoms with Gasteiger partial charge in [0.1, 0.15) is 6.42 Å². The summed E-state index contributed by atoms with van der Waals surface area (Å²) in [5.74, 6) is -0.998. The summed E-state index contributed by atoms with van der Waals surface area (Å²) < 4.78 is 0. The Morgan fingerprint density at radius 1 is 1.12 bits per heavy atom. The predicted octanol–water partition coefficient (Wildman–Crippen LogP) is 1.06. The molecular formula is C12H12N2O3. The highest BCUT2D eigenvalue weighted by Crippen LogP contribution is 2.35. The first-order valence-corrected chi connectivity index (χ1v) is 5.20. The molecule has 1 N–H and O–H groups in total. The number of carbonyl (C=O) groups excluding carboxylic acids is 3. The van der Waals surface area contributed by atoms with E-state index in [1.54, 1.807) is 0 Å². The Kier molecular flexibility index (Phi) is 2.67. The van der Waals surface area contributed by atoms with Crippen molar-refractivity contribution in [2.75, 3.05) is 7.05 Å². The van der Waals surface area contributed by atoms with Gasteiger partial charge in [0.15, 0.2) is 0 Å². The van der Waals surface area contributed by atoms with E-state index >= 15 is 0 Å². The Balaban J connectivity index is 0.000000134. The highest BCUT2D eigenvalue weighted by molar-refractivity contribution is 6.13. The minimum Gasteiger partial charge on any atom is -0.277 e. The van der Waals surface area contributed by atoms with Gasteiger partial charge in [-0.2, -0.15) is 0 Å². The first kappa shape index (κ1) is 11.3. The predicted molar refractivity (Wildman–Crippen MR) is 61.1 cm³/mol. The number of hydrogen-bond donors (Lipinski definition) is 1. The van der Waals surface area contributed by atoms with Crippen molar-refractivity contribution >= 4 is 17.8 Å². The molecule has 1 saturated heterocycles. The Hall–Kier alpha value is -2.17. The van der Waals surface area contributed by atoms with E-state index in [2.05, 4.69) is 25.1 Å². The Labute approximate surface area is 98.4 Å². The lowest BCUT2D eigenvalue weighted by atomic mass is 10.3. The van der Waals surface area contributed by atoms with E-state index in [4.69, 9.17) is 0 Å². The lowest BCUT2D eigenvalue weighted by Gasteiger charge is -2.19. The summed E-state index contributed by atoms with van der Waals surface area (Å²) >= 11 is 0. The largest absolute Gasteiger partial charge is 0.330 e. The van der Waals surface area contributed by atoms with Crippen molar-refractivity contribution in [1.29, 1.82) is 0 Å². The first-order valence-electron chi connectivity index (χ1n) is 5.20. The second-order valence-electron chi connectivity index (χ2n) is 4.07. The molecule has 88 valence electrons. The number of imide groups is 2. The lowest BCUT2D eigenvalue weighted by molar-refractivity contribution is -0.135. The van der Waals surface area contributed by atoms with Crippen molar-refractivity contribution in [3.8, 4) is 11.1 Å². The van der Waals surface area contributed by atoms with E-state index in [1.165, 1.54) is 23.7 Å². The third-order valence-electron chi connectivity index (χ3n) is 2.56. The number of barbiturate groups is 1. The zero-order chi connectivity index (χ0) is 12.6. The molecule has 2 aliphatic carbocycles. The number of urea groups is 1. The molecule has 0 radical (unpaired) electrons. The van der Waals surface area contributed by atoms with Crippen molar-refractivity contribution in [3.05, 3.63) is 23.8 Å². The van der Waals surface area contributed by atoms with Gasteiger partial charge in [0.25, 0.3) is 0 Å². The average Bonchev–Trinajstić information content (AvgIpc) is 2.84. The van der Waals surface area contributed by atoms with Crippen LogP contribution in [0.15, 0.2) is 18.2 Å². The minimum atomic E-state index is -0.652. The van der Waals surface area contributed by atoms with Crippen LogP contribution in [0.4, 0.5) is 4.79 Å². The molecule has 3 aliphatic rings. The maximum absolute atomic E-state index is 10.7. The number of aryl methyl sites for hydroxylation is 1. The fraction of sp³-hybridized carbons (Fsp3) is 0.250. The van der Waals surface area contributed by atoms with Crippen molar-refractivity contribution < 1.29 is 14.4 Å². The van der Waals surface area contributed by atoms with Crippen LogP contribution in [0.5, 0.6) is 0 Å². The summed E-state index contributed by atoms with van der Waals surface area (Å²) in [6.45, 7) is 2.12. The van der Waals surface area contributed by atoms with Gasteiger partial charge in [-0.1, -0.05) is 12.1 Å². The molecule has 0 atom stereocenters. The smallest absolute Gasteiger partial charge is 0.277 e. The second kappa shape index (κ2) is 4.01. The van der Waals surface area contributed by atoms with E-state index in [0.29, 0.717) is 0 Å². The molecular weight excluding hydrogens is 220 g/mol.